The molecule has 1 aromatic heterocycles. The molecular weight excluding hydrogens is 372 g/mol. The summed E-state index contributed by atoms with van der Waals surface area (Å²) in [6.07, 6.45) is 3.79. The first-order valence-electron chi connectivity index (χ1n) is 10.4. The Labute approximate surface area is 179 Å². The fourth-order valence-electron chi connectivity index (χ4n) is 3.41. The van der Waals surface area contributed by atoms with Gasteiger partial charge in [0.15, 0.2) is 5.96 Å². The summed E-state index contributed by atoms with van der Waals surface area (Å²) < 4.78 is 1.94. The summed E-state index contributed by atoms with van der Waals surface area (Å²) in [7, 11) is 4.21. The van der Waals surface area contributed by atoms with E-state index in [4.69, 9.17) is 4.99 Å². The lowest BCUT2D eigenvalue weighted by molar-refractivity contribution is 0.298. The summed E-state index contributed by atoms with van der Waals surface area (Å²) in [6, 6.07) is 21.2. The molecule has 6 heteroatoms. The average Bonchev–Trinajstić information content (AvgIpc) is 3.26. The van der Waals surface area contributed by atoms with Gasteiger partial charge in [0, 0.05) is 25.5 Å². The van der Waals surface area contributed by atoms with Gasteiger partial charge < -0.3 is 15.5 Å². The predicted molar refractivity (Wildman–Crippen MR) is 123 cm³/mol. The lowest BCUT2D eigenvalue weighted by Gasteiger charge is -2.26. The Morgan fingerprint density at radius 2 is 1.73 bits per heavy atom. The van der Waals surface area contributed by atoms with Crippen molar-refractivity contribution in [1.29, 1.82) is 0 Å². The van der Waals surface area contributed by atoms with Gasteiger partial charge in [0.05, 0.1) is 19.1 Å². The summed E-state index contributed by atoms with van der Waals surface area (Å²) in [6.45, 7) is 5.05. The normalized spacial score (nSPS) is 12.7. The Hall–Kier alpha value is -3.12. The molecular formula is C24H32N6. The third-order valence-corrected chi connectivity index (χ3v) is 5.03. The van der Waals surface area contributed by atoms with E-state index in [1.54, 1.807) is 0 Å². The van der Waals surface area contributed by atoms with Gasteiger partial charge in [0.25, 0.3) is 0 Å². The molecule has 2 aromatic carbocycles. The fourth-order valence-corrected chi connectivity index (χ4v) is 3.41. The Kier molecular flexibility index (Phi) is 8.03. The number of nitrogens with zero attached hydrogens (tertiary/aromatic N) is 4. The molecule has 6 nitrogen and oxygen atoms in total. The number of hydrogen-bond donors (Lipinski definition) is 2. The van der Waals surface area contributed by atoms with Crippen LogP contribution in [0.15, 0.2) is 78.0 Å². The van der Waals surface area contributed by atoms with Crippen LogP contribution in [0.2, 0.25) is 0 Å². The Bertz CT molecular complexity index is 902. The monoisotopic (exact) mass is 404 g/mol. The zero-order chi connectivity index (χ0) is 21.2. The number of benzene rings is 2. The molecule has 1 atom stereocenters. The molecule has 30 heavy (non-hydrogen) atoms. The molecule has 3 aromatic rings. The highest BCUT2D eigenvalue weighted by molar-refractivity contribution is 5.79. The lowest BCUT2D eigenvalue weighted by Crippen LogP contribution is -2.41. The number of nitrogens with one attached hydrogen (secondary N) is 2. The minimum absolute atomic E-state index is 0.266. The first-order valence-corrected chi connectivity index (χ1v) is 10.4. The molecule has 0 radical (unpaired) electrons. The van der Waals surface area contributed by atoms with E-state index < -0.39 is 0 Å². The van der Waals surface area contributed by atoms with Crippen LogP contribution in [-0.2, 0) is 13.1 Å². The number of aromatic nitrogens is 2. The van der Waals surface area contributed by atoms with Crippen LogP contribution in [-0.4, -0.2) is 47.8 Å². The van der Waals surface area contributed by atoms with Gasteiger partial charge >= 0.3 is 0 Å². The van der Waals surface area contributed by atoms with Crippen LogP contribution in [0.25, 0.3) is 0 Å². The van der Waals surface area contributed by atoms with Crippen LogP contribution in [0.4, 0.5) is 0 Å². The second kappa shape index (κ2) is 11.2. The quantitative estimate of drug-likeness (QED) is 0.424. The molecule has 0 bridgehead atoms. The lowest BCUT2D eigenvalue weighted by atomic mass is 10.1. The van der Waals surface area contributed by atoms with Gasteiger partial charge in [0.2, 0.25) is 0 Å². The van der Waals surface area contributed by atoms with E-state index in [9.17, 15) is 0 Å². The summed E-state index contributed by atoms with van der Waals surface area (Å²) in [5.74, 6) is 0.828. The van der Waals surface area contributed by atoms with Crippen molar-refractivity contribution in [3.05, 3.63) is 89.7 Å². The molecule has 0 spiro atoms. The topological polar surface area (TPSA) is 57.5 Å². The Morgan fingerprint density at radius 3 is 2.40 bits per heavy atom. The number of guanidine groups is 1. The van der Waals surface area contributed by atoms with Crippen molar-refractivity contribution < 1.29 is 0 Å². The molecule has 0 aliphatic rings. The van der Waals surface area contributed by atoms with Crippen LogP contribution in [0.1, 0.15) is 29.7 Å². The van der Waals surface area contributed by atoms with Crippen molar-refractivity contribution in [1.82, 2.24) is 25.3 Å². The van der Waals surface area contributed by atoms with Crippen LogP contribution < -0.4 is 10.6 Å². The molecule has 3 rings (SSSR count). The van der Waals surface area contributed by atoms with E-state index in [0.717, 1.165) is 25.6 Å². The van der Waals surface area contributed by atoms with Crippen molar-refractivity contribution in [2.45, 2.75) is 26.1 Å². The van der Waals surface area contributed by atoms with Gasteiger partial charge in [-0.3, -0.25) is 4.68 Å². The van der Waals surface area contributed by atoms with Crippen molar-refractivity contribution in [2.24, 2.45) is 4.99 Å². The summed E-state index contributed by atoms with van der Waals surface area (Å²) in [4.78, 5) is 7.07. The summed E-state index contributed by atoms with van der Waals surface area (Å²) in [5.41, 5.74) is 3.73. The third kappa shape index (κ3) is 6.19. The van der Waals surface area contributed by atoms with Crippen LogP contribution >= 0.6 is 0 Å². The zero-order valence-electron chi connectivity index (χ0n) is 18.1. The molecule has 0 amide bonds. The van der Waals surface area contributed by atoms with Crippen molar-refractivity contribution in [2.75, 3.05) is 27.2 Å². The second-order valence-electron chi connectivity index (χ2n) is 7.44. The van der Waals surface area contributed by atoms with Crippen LogP contribution in [0.3, 0.4) is 0 Å². The van der Waals surface area contributed by atoms with E-state index in [1.165, 1.54) is 16.7 Å². The van der Waals surface area contributed by atoms with Crippen molar-refractivity contribution in [3.8, 4) is 0 Å². The number of rotatable bonds is 9. The molecule has 0 aliphatic carbocycles. The number of hydrogen-bond acceptors (Lipinski definition) is 3. The van der Waals surface area contributed by atoms with Crippen molar-refractivity contribution >= 4 is 5.96 Å². The minimum Gasteiger partial charge on any atom is -0.357 e. The molecule has 0 fully saturated rings. The molecule has 158 valence electrons. The van der Waals surface area contributed by atoms with Gasteiger partial charge in [-0.1, -0.05) is 54.6 Å². The maximum absolute atomic E-state index is 4.84. The smallest absolute Gasteiger partial charge is 0.191 e. The molecule has 0 saturated heterocycles. The van der Waals surface area contributed by atoms with E-state index in [2.05, 4.69) is 96.2 Å². The highest BCUT2D eigenvalue weighted by Gasteiger charge is 2.14. The Balaban J connectivity index is 1.69. The fraction of sp³-hybridized carbons (Fsp3) is 0.333. The third-order valence-electron chi connectivity index (χ3n) is 5.03. The van der Waals surface area contributed by atoms with Crippen molar-refractivity contribution in [3.63, 3.8) is 0 Å². The van der Waals surface area contributed by atoms with E-state index in [0.29, 0.717) is 6.54 Å². The summed E-state index contributed by atoms with van der Waals surface area (Å²) >= 11 is 0. The van der Waals surface area contributed by atoms with Gasteiger partial charge in [-0.05, 0) is 43.8 Å². The zero-order valence-corrected chi connectivity index (χ0v) is 18.1. The standard InChI is InChI=1S/C24H32N6/c1-4-25-24(27-18-23(29(2)3)20-11-6-5-7-12-20)26-17-21-13-8-9-14-22(21)19-30-16-10-15-28-30/h5-16,23H,4,17-19H2,1-3H3,(H2,25,26,27). The molecule has 0 aliphatic heterocycles. The van der Waals surface area contributed by atoms with E-state index in [1.807, 2.05) is 23.1 Å². The molecule has 0 saturated carbocycles. The van der Waals surface area contributed by atoms with Gasteiger partial charge in [-0.25, -0.2) is 4.99 Å². The maximum atomic E-state index is 4.84. The molecule has 1 heterocycles. The molecule has 1 unspecified atom stereocenters. The Morgan fingerprint density at radius 1 is 1.00 bits per heavy atom. The van der Waals surface area contributed by atoms with Gasteiger partial charge in [0.1, 0.15) is 0 Å². The second-order valence-corrected chi connectivity index (χ2v) is 7.44. The SMILES string of the molecule is CCNC(=NCc1ccccc1Cn1cccn1)NCC(c1ccccc1)N(C)C. The highest BCUT2D eigenvalue weighted by Crippen LogP contribution is 2.17. The first-order chi connectivity index (χ1) is 14.7. The van der Waals surface area contributed by atoms with Crippen LogP contribution in [0.5, 0.6) is 0 Å². The van der Waals surface area contributed by atoms with Crippen LogP contribution in [0, 0.1) is 0 Å². The van der Waals surface area contributed by atoms with Gasteiger partial charge in [-0.2, -0.15) is 5.10 Å². The van der Waals surface area contributed by atoms with Gasteiger partial charge in [-0.15, -0.1) is 0 Å². The first kappa shape index (κ1) is 21.6. The highest BCUT2D eigenvalue weighted by atomic mass is 15.3. The average molecular weight is 405 g/mol. The van der Waals surface area contributed by atoms with E-state index >= 15 is 0 Å². The van der Waals surface area contributed by atoms with E-state index in [-0.39, 0.29) is 6.04 Å². The predicted octanol–water partition coefficient (Wildman–Crippen LogP) is 3.29. The maximum Gasteiger partial charge on any atom is 0.191 e. The summed E-state index contributed by atoms with van der Waals surface area (Å²) in [5, 5.41) is 11.2. The number of aliphatic imine (C=N–C) groups is 1. The minimum atomic E-state index is 0.266. The largest absolute Gasteiger partial charge is 0.357 e. The molecule has 2 N–H and O–H groups in total. The number of likely N-dealkylation sites (N-methyl/N-ethyl adjacent to an activating group) is 1.